The number of nitrogens with one attached hydrogen (secondary N) is 1. The Morgan fingerprint density at radius 2 is 1.91 bits per heavy atom. The van der Waals surface area contributed by atoms with Crippen molar-refractivity contribution < 1.29 is 4.39 Å². The monoisotopic (exact) mass is 314 g/mol. The number of rotatable bonds is 5. The number of hydrogen-bond donors (Lipinski definition) is 2. The summed E-state index contributed by atoms with van der Waals surface area (Å²) in [5.41, 5.74) is 9.03. The van der Waals surface area contributed by atoms with Crippen LogP contribution in [-0.4, -0.2) is 31.5 Å². The molecule has 0 spiro atoms. The summed E-state index contributed by atoms with van der Waals surface area (Å²) in [6.07, 6.45) is 0. The van der Waals surface area contributed by atoms with E-state index in [2.05, 4.69) is 10.3 Å². The van der Waals surface area contributed by atoms with E-state index in [-0.39, 0.29) is 11.9 Å². The van der Waals surface area contributed by atoms with Gasteiger partial charge in [-0.3, -0.25) is 4.99 Å². The maximum absolute atomic E-state index is 13.1. The largest absolute Gasteiger partial charge is 0.370 e. The Morgan fingerprint density at radius 3 is 2.52 bits per heavy atom. The fraction of sp³-hybridized carbons (Fsp3) is 0.278. The fourth-order valence-electron chi connectivity index (χ4n) is 2.35. The van der Waals surface area contributed by atoms with Crippen molar-refractivity contribution in [2.75, 3.05) is 26.0 Å². The Kier molecular flexibility index (Phi) is 5.71. The number of guanidine groups is 1. The van der Waals surface area contributed by atoms with Crippen molar-refractivity contribution in [3.8, 4) is 0 Å². The Labute approximate surface area is 136 Å². The Balaban J connectivity index is 2.06. The van der Waals surface area contributed by atoms with Crippen LogP contribution in [0.4, 0.5) is 10.1 Å². The van der Waals surface area contributed by atoms with Crippen molar-refractivity contribution >= 4 is 11.6 Å². The molecule has 3 N–H and O–H groups in total. The van der Waals surface area contributed by atoms with Gasteiger partial charge in [-0.15, -0.1) is 0 Å². The van der Waals surface area contributed by atoms with Crippen molar-refractivity contribution in [2.45, 2.75) is 13.0 Å². The number of nitrogens with two attached hydrogens (primary N) is 1. The summed E-state index contributed by atoms with van der Waals surface area (Å²) in [7, 11) is 3.93. The molecule has 0 saturated heterocycles. The highest BCUT2D eigenvalue weighted by Gasteiger charge is 2.13. The molecule has 0 bridgehead atoms. The minimum absolute atomic E-state index is 0.0356. The molecule has 0 aliphatic carbocycles. The van der Waals surface area contributed by atoms with Crippen LogP contribution in [0.25, 0.3) is 0 Å². The highest BCUT2D eigenvalue weighted by molar-refractivity contribution is 5.92. The molecule has 0 saturated carbocycles. The fourth-order valence-corrected chi connectivity index (χ4v) is 2.35. The molecule has 2 aromatic rings. The van der Waals surface area contributed by atoms with E-state index in [1.165, 1.54) is 12.1 Å². The van der Waals surface area contributed by atoms with Gasteiger partial charge < -0.3 is 16.0 Å². The van der Waals surface area contributed by atoms with Gasteiger partial charge in [0.1, 0.15) is 5.82 Å². The number of aryl methyl sites for hydroxylation is 1. The highest BCUT2D eigenvalue weighted by atomic mass is 19.1. The van der Waals surface area contributed by atoms with Crippen LogP contribution in [0.15, 0.2) is 53.5 Å². The van der Waals surface area contributed by atoms with Crippen LogP contribution < -0.4 is 11.1 Å². The molecular weight excluding hydrogens is 291 g/mol. The maximum atomic E-state index is 13.1. The molecule has 0 aromatic heterocycles. The predicted octanol–water partition coefficient (Wildman–Crippen LogP) is 3.16. The van der Waals surface area contributed by atoms with Crippen LogP contribution in [0.2, 0.25) is 0 Å². The van der Waals surface area contributed by atoms with E-state index in [9.17, 15) is 4.39 Å². The van der Waals surface area contributed by atoms with E-state index in [1.54, 1.807) is 12.1 Å². The van der Waals surface area contributed by atoms with Gasteiger partial charge in [0.15, 0.2) is 5.96 Å². The standard InChI is InChI=1S/C18H23FN4/c1-13-5-4-6-16(11-13)22-18(20)21-12-17(23(2)3)14-7-9-15(19)10-8-14/h4-11,17H,12H2,1-3H3,(H3,20,21,22). The number of benzene rings is 2. The van der Waals surface area contributed by atoms with E-state index in [0.717, 1.165) is 16.8 Å². The second-order valence-electron chi connectivity index (χ2n) is 5.75. The number of likely N-dealkylation sites (N-methyl/N-ethyl adjacent to an activating group) is 1. The Bertz CT molecular complexity index is 665. The van der Waals surface area contributed by atoms with Gasteiger partial charge in [-0.05, 0) is 56.4 Å². The molecule has 0 fully saturated rings. The van der Waals surface area contributed by atoms with E-state index in [1.807, 2.05) is 50.2 Å². The molecule has 1 atom stereocenters. The summed E-state index contributed by atoms with van der Waals surface area (Å²) in [6, 6.07) is 14.5. The molecule has 122 valence electrons. The SMILES string of the molecule is Cc1cccc(NC(N)=NCC(c2ccc(F)cc2)N(C)C)c1. The van der Waals surface area contributed by atoms with Crippen molar-refractivity contribution in [1.82, 2.24) is 4.90 Å². The average Bonchev–Trinajstić information content (AvgIpc) is 2.49. The number of halogens is 1. The third-order valence-corrected chi connectivity index (χ3v) is 3.60. The molecule has 0 radical (unpaired) electrons. The van der Waals surface area contributed by atoms with Crippen molar-refractivity contribution in [2.24, 2.45) is 10.7 Å². The predicted molar refractivity (Wildman–Crippen MR) is 94.1 cm³/mol. The number of hydrogen-bond acceptors (Lipinski definition) is 2. The first kappa shape index (κ1) is 17.0. The van der Waals surface area contributed by atoms with E-state index < -0.39 is 0 Å². The van der Waals surface area contributed by atoms with Crippen molar-refractivity contribution in [3.05, 3.63) is 65.5 Å². The minimum Gasteiger partial charge on any atom is -0.370 e. The van der Waals surface area contributed by atoms with Gasteiger partial charge in [0.05, 0.1) is 12.6 Å². The lowest BCUT2D eigenvalue weighted by atomic mass is 10.1. The van der Waals surface area contributed by atoms with E-state index >= 15 is 0 Å². The molecule has 0 heterocycles. The second-order valence-corrected chi connectivity index (χ2v) is 5.75. The van der Waals surface area contributed by atoms with Gasteiger partial charge in [-0.25, -0.2) is 4.39 Å². The van der Waals surface area contributed by atoms with Gasteiger partial charge in [-0.2, -0.15) is 0 Å². The summed E-state index contributed by atoms with van der Waals surface area (Å²) in [5.74, 6) is 0.125. The maximum Gasteiger partial charge on any atom is 0.193 e. The zero-order valence-electron chi connectivity index (χ0n) is 13.8. The third-order valence-electron chi connectivity index (χ3n) is 3.60. The Hall–Kier alpha value is -2.40. The van der Waals surface area contributed by atoms with Gasteiger partial charge in [-0.1, -0.05) is 24.3 Å². The molecule has 0 amide bonds. The summed E-state index contributed by atoms with van der Waals surface area (Å²) in [5, 5.41) is 3.09. The third kappa shape index (κ3) is 5.07. The first-order chi connectivity index (χ1) is 11.0. The van der Waals surface area contributed by atoms with Gasteiger partial charge in [0.2, 0.25) is 0 Å². The number of nitrogens with zero attached hydrogens (tertiary/aromatic N) is 2. The molecular formula is C18H23FN4. The minimum atomic E-state index is -0.240. The molecule has 2 aromatic carbocycles. The van der Waals surface area contributed by atoms with Crippen LogP contribution in [0, 0.1) is 12.7 Å². The molecule has 4 nitrogen and oxygen atoms in total. The quantitative estimate of drug-likeness (QED) is 0.658. The summed E-state index contributed by atoms with van der Waals surface area (Å²) in [4.78, 5) is 6.46. The van der Waals surface area contributed by atoms with Gasteiger partial charge in [0, 0.05) is 5.69 Å². The summed E-state index contributed by atoms with van der Waals surface area (Å²) >= 11 is 0. The lowest BCUT2D eigenvalue weighted by Gasteiger charge is -2.23. The van der Waals surface area contributed by atoms with Crippen molar-refractivity contribution in [1.29, 1.82) is 0 Å². The smallest absolute Gasteiger partial charge is 0.193 e. The highest BCUT2D eigenvalue weighted by Crippen LogP contribution is 2.19. The topological polar surface area (TPSA) is 53.6 Å². The van der Waals surface area contributed by atoms with E-state index in [4.69, 9.17) is 5.73 Å². The van der Waals surface area contributed by atoms with E-state index in [0.29, 0.717) is 12.5 Å². The van der Waals surface area contributed by atoms with Crippen LogP contribution in [-0.2, 0) is 0 Å². The van der Waals surface area contributed by atoms with Crippen molar-refractivity contribution in [3.63, 3.8) is 0 Å². The summed E-state index contributed by atoms with van der Waals surface area (Å²) in [6.45, 7) is 2.51. The zero-order chi connectivity index (χ0) is 16.8. The van der Waals surface area contributed by atoms with Crippen LogP contribution in [0.3, 0.4) is 0 Å². The molecule has 2 rings (SSSR count). The van der Waals surface area contributed by atoms with Gasteiger partial charge in [0.25, 0.3) is 0 Å². The van der Waals surface area contributed by atoms with Crippen LogP contribution in [0.5, 0.6) is 0 Å². The second kappa shape index (κ2) is 7.74. The molecule has 0 aliphatic rings. The average molecular weight is 314 g/mol. The first-order valence-corrected chi connectivity index (χ1v) is 7.51. The summed E-state index contributed by atoms with van der Waals surface area (Å²) < 4.78 is 13.1. The number of anilines is 1. The number of aliphatic imine (C=N–C) groups is 1. The normalized spacial score (nSPS) is 13.2. The molecule has 5 heteroatoms. The first-order valence-electron chi connectivity index (χ1n) is 7.51. The molecule has 1 unspecified atom stereocenters. The van der Waals surface area contributed by atoms with Crippen LogP contribution >= 0.6 is 0 Å². The lowest BCUT2D eigenvalue weighted by molar-refractivity contribution is 0.306. The zero-order valence-corrected chi connectivity index (χ0v) is 13.8. The molecule has 23 heavy (non-hydrogen) atoms. The molecule has 0 aliphatic heterocycles. The Morgan fingerprint density at radius 1 is 1.22 bits per heavy atom. The lowest BCUT2D eigenvalue weighted by Crippen LogP contribution is -2.27. The van der Waals surface area contributed by atoms with Crippen LogP contribution in [0.1, 0.15) is 17.2 Å². The van der Waals surface area contributed by atoms with Gasteiger partial charge >= 0.3 is 0 Å².